The molecule has 2 N–H and O–H groups in total. The van der Waals surface area contributed by atoms with Crippen LogP contribution in [-0.2, 0) is 4.79 Å². The lowest BCUT2D eigenvalue weighted by atomic mass is 9.84. The first-order valence-electron chi connectivity index (χ1n) is 9.79. The van der Waals surface area contributed by atoms with Crippen LogP contribution in [0, 0.1) is 17.6 Å². The van der Waals surface area contributed by atoms with E-state index in [0.717, 1.165) is 38.3 Å². The summed E-state index contributed by atoms with van der Waals surface area (Å²) in [7, 11) is 0. The molecule has 2 fully saturated rings. The Hall–Kier alpha value is -2.02. The summed E-state index contributed by atoms with van der Waals surface area (Å²) in [6.07, 6.45) is 4.47. The third-order valence-corrected chi connectivity index (χ3v) is 5.64. The summed E-state index contributed by atoms with van der Waals surface area (Å²) in [5.41, 5.74) is -0.173. The van der Waals surface area contributed by atoms with Crippen LogP contribution in [0.1, 0.15) is 49.4 Å². The van der Waals surface area contributed by atoms with Gasteiger partial charge in [-0.1, -0.05) is 19.8 Å². The largest absolute Gasteiger partial charge is 0.353 e. The maximum atomic E-state index is 14.2. The number of hydrogen-bond donors (Lipinski definition) is 2. The summed E-state index contributed by atoms with van der Waals surface area (Å²) < 4.78 is 27.4. The van der Waals surface area contributed by atoms with Gasteiger partial charge in [0.2, 0.25) is 5.91 Å². The van der Waals surface area contributed by atoms with Crippen molar-refractivity contribution in [3.05, 3.63) is 35.4 Å². The first-order chi connectivity index (χ1) is 13.0. The minimum Gasteiger partial charge on any atom is -0.353 e. The summed E-state index contributed by atoms with van der Waals surface area (Å²) in [4.78, 5) is 27.4. The number of carbonyl (C=O) groups is 2. The number of rotatable bonds is 6. The van der Waals surface area contributed by atoms with Gasteiger partial charge in [0.1, 0.15) is 17.7 Å². The zero-order valence-electron chi connectivity index (χ0n) is 15.6. The van der Waals surface area contributed by atoms with E-state index in [1.807, 2.05) is 6.92 Å². The summed E-state index contributed by atoms with van der Waals surface area (Å²) in [6, 6.07) is 2.31. The molecule has 1 saturated heterocycles. The van der Waals surface area contributed by atoms with Crippen LogP contribution in [0.2, 0.25) is 0 Å². The lowest BCUT2D eigenvalue weighted by molar-refractivity contribution is -0.125. The molecule has 0 aromatic heterocycles. The molecular formula is C20H27F2N3O2. The average Bonchev–Trinajstić information content (AvgIpc) is 3.04. The SMILES string of the molecule is CCNCCNC(=O)C1CC2CCCCC2N1C(=O)c1ccc(F)cc1F. The number of fused-ring (bicyclic) bond motifs is 1. The highest BCUT2D eigenvalue weighted by Crippen LogP contribution is 2.40. The first-order valence-corrected chi connectivity index (χ1v) is 9.79. The Bertz CT molecular complexity index is 698. The molecule has 1 heterocycles. The van der Waals surface area contributed by atoms with Crippen LogP contribution in [0.3, 0.4) is 0 Å². The molecule has 2 amide bonds. The van der Waals surface area contributed by atoms with Crippen LogP contribution in [0.25, 0.3) is 0 Å². The van der Waals surface area contributed by atoms with Crippen molar-refractivity contribution in [1.82, 2.24) is 15.5 Å². The first kappa shape index (κ1) is 19.7. The van der Waals surface area contributed by atoms with Gasteiger partial charge in [-0.3, -0.25) is 9.59 Å². The molecule has 27 heavy (non-hydrogen) atoms. The van der Waals surface area contributed by atoms with Gasteiger partial charge >= 0.3 is 0 Å². The van der Waals surface area contributed by atoms with E-state index in [9.17, 15) is 18.4 Å². The van der Waals surface area contributed by atoms with Crippen molar-refractivity contribution >= 4 is 11.8 Å². The van der Waals surface area contributed by atoms with Crippen molar-refractivity contribution in [3.8, 4) is 0 Å². The maximum Gasteiger partial charge on any atom is 0.257 e. The average molecular weight is 379 g/mol. The monoisotopic (exact) mass is 379 g/mol. The van der Waals surface area contributed by atoms with Gasteiger partial charge in [0.25, 0.3) is 5.91 Å². The lowest BCUT2D eigenvalue weighted by Crippen LogP contribution is -2.50. The summed E-state index contributed by atoms with van der Waals surface area (Å²) >= 11 is 0. The molecule has 5 nitrogen and oxygen atoms in total. The zero-order valence-corrected chi connectivity index (χ0v) is 15.6. The Kier molecular flexibility index (Phi) is 6.42. The number of nitrogens with zero attached hydrogens (tertiary/aromatic N) is 1. The fraction of sp³-hybridized carbons (Fsp3) is 0.600. The number of benzene rings is 1. The lowest BCUT2D eigenvalue weighted by Gasteiger charge is -2.33. The highest BCUT2D eigenvalue weighted by molar-refractivity contribution is 5.98. The Morgan fingerprint density at radius 3 is 2.70 bits per heavy atom. The van der Waals surface area contributed by atoms with E-state index in [4.69, 9.17) is 0 Å². The van der Waals surface area contributed by atoms with Crippen molar-refractivity contribution in [2.45, 2.75) is 51.1 Å². The quantitative estimate of drug-likeness (QED) is 0.747. The number of amides is 2. The molecule has 1 saturated carbocycles. The molecule has 0 bridgehead atoms. The predicted octanol–water partition coefficient (Wildman–Crippen LogP) is 2.46. The number of likely N-dealkylation sites (N-methyl/N-ethyl adjacent to an activating group) is 1. The Morgan fingerprint density at radius 2 is 1.96 bits per heavy atom. The van der Waals surface area contributed by atoms with Gasteiger partial charge in [0.15, 0.2) is 0 Å². The highest BCUT2D eigenvalue weighted by atomic mass is 19.1. The second kappa shape index (κ2) is 8.78. The van der Waals surface area contributed by atoms with Crippen LogP contribution in [0.15, 0.2) is 18.2 Å². The van der Waals surface area contributed by atoms with E-state index in [2.05, 4.69) is 10.6 Å². The van der Waals surface area contributed by atoms with Crippen molar-refractivity contribution in [3.63, 3.8) is 0 Å². The van der Waals surface area contributed by atoms with Crippen molar-refractivity contribution in [1.29, 1.82) is 0 Å². The van der Waals surface area contributed by atoms with Crippen molar-refractivity contribution in [2.75, 3.05) is 19.6 Å². The molecule has 3 rings (SSSR count). The number of likely N-dealkylation sites (tertiary alicyclic amines) is 1. The van der Waals surface area contributed by atoms with E-state index in [1.54, 1.807) is 4.90 Å². The third-order valence-electron chi connectivity index (χ3n) is 5.64. The van der Waals surface area contributed by atoms with Crippen LogP contribution in [0.5, 0.6) is 0 Å². The standard InChI is InChI=1S/C20H27F2N3O2/c1-2-23-9-10-24-19(26)18-11-13-5-3-4-6-17(13)25(18)20(27)15-8-7-14(21)12-16(15)22/h7-8,12-13,17-18,23H,2-6,9-11H2,1H3,(H,24,26). The van der Waals surface area contributed by atoms with E-state index in [0.29, 0.717) is 25.6 Å². The molecule has 3 atom stereocenters. The molecule has 1 aliphatic heterocycles. The topological polar surface area (TPSA) is 61.4 Å². The molecule has 7 heteroatoms. The van der Waals surface area contributed by atoms with Crippen LogP contribution < -0.4 is 10.6 Å². The van der Waals surface area contributed by atoms with Crippen LogP contribution in [0.4, 0.5) is 8.78 Å². The third kappa shape index (κ3) is 4.29. The van der Waals surface area contributed by atoms with E-state index < -0.39 is 23.6 Å². The number of halogens is 2. The summed E-state index contributed by atoms with van der Waals surface area (Å²) in [5, 5.41) is 6.02. The normalized spacial score (nSPS) is 24.6. The molecule has 0 spiro atoms. The number of carbonyl (C=O) groups excluding carboxylic acids is 2. The minimum atomic E-state index is -0.884. The van der Waals surface area contributed by atoms with Gasteiger partial charge in [0, 0.05) is 25.2 Å². The Labute approximate surface area is 158 Å². The van der Waals surface area contributed by atoms with Gasteiger partial charge < -0.3 is 15.5 Å². The number of hydrogen-bond acceptors (Lipinski definition) is 3. The minimum absolute atomic E-state index is 0.0554. The van der Waals surface area contributed by atoms with E-state index in [-0.39, 0.29) is 23.4 Å². The molecule has 1 aromatic carbocycles. The molecular weight excluding hydrogens is 352 g/mol. The number of nitrogens with one attached hydrogen (secondary N) is 2. The molecule has 1 aromatic rings. The van der Waals surface area contributed by atoms with Crippen molar-refractivity contribution < 1.29 is 18.4 Å². The maximum absolute atomic E-state index is 14.2. The molecule has 1 aliphatic carbocycles. The fourth-order valence-corrected chi connectivity index (χ4v) is 4.36. The molecule has 2 aliphatic rings. The summed E-state index contributed by atoms with van der Waals surface area (Å²) in [5.74, 6) is -2.06. The molecule has 0 radical (unpaired) electrons. The summed E-state index contributed by atoms with van der Waals surface area (Å²) in [6.45, 7) is 3.94. The zero-order chi connectivity index (χ0) is 19.4. The van der Waals surface area contributed by atoms with E-state index in [1.165, 1.54) is 6.07 Å². The Balaban J connectivity index is 1.80. The van der Waals surface area contributed by atoms with Gasteiger partial charge in [-0.25, -0.2) is 8.78 Å². The molecule has 3 unspecified atom stereocenters. The predicted molar refractivity (Wildman–Crippen MR) is 98.2 cm³/mol. The Morgan fingerprint density at radius 1 is 1.19 bits per heavy atom. The van der Waals surface area contributed by atoms with Gasteiger partial charge in [-0.05, 0) is 43.9 Å². The van der Waals surface area contributed by atoms with E-state index >= 15 is 0 Å². The molecule has 148 valence electrons. The smallest absolute Gasteiger partial charge is 0.257 e. The second-order valence-electron chi connectivity index (χ2n) is 7.34. The second-order valence-corrected chi connectivity index (χ2v) is 7.34. The van der Waals surface area contributed by atoms with Gasteiger partial charge in [0.05, 0.1) is 5.56 Å². The highest BCUT2D eigenvalue weighted by Gasteiger charge is 2.47. The van der Waals surface area contributed by atoms with Crippen LogP contribution in [-0.4, -0.2) is 48.4 Å². The van der Waals surface area contributed by atoms with Gasteiger partial charge in [-0.2, -0.15) is 0 Å². The van der Waals surface area contributed by atoms with Crippen molar-refractivity contribution in [2.24, 2.45) is 5.92 Å². The fourth-order valence-electron chi connectivity index (χ4n) is 4.36. The van der Waals surface area contributed by atoms with Gasteiger partial charge in [-0.15, -0.1) is 0 Å². The van der Waals surface area contributed by atoms with Crippen LogP contribution >= 0.6 is 0 Å².